The van der Waals surface area contributed by atoms with Crippen LogP contribution in [0.3, 0.4) is 0 Å². The minimum absolute atomic E-state index is 0.102. The summed E-state index contributed by atoms with van der Waals surface area (Å²) in [6, 6.07) is 0. The second-order valence-electron chi connectivity index (χ2n) is 5.94. The van der Waals surface area contributed by atoms with E-state index in [-0.39, 0.29) is 17.3 Å². The van der Waals surface area contributed by atoms with E-state index in [1.165, 1.54) is 7.11 Å². The van der Waals surface area contributed by atoms with Crippen LogP contribution in [0.5, 0.6) is 0 Å². The van der Waals surface area contributed by atoms with Crippen LogP contribution in [-0.4, -0.2) is 26.3 Å². The summed E-state index contributed by atoms with van der Waals surface area (Å²) in [4.78, 5) is 12.0. The van der Waals surface area contributed by atoms with Crippen LogP contribution in [0, 0.1) is 16.7 Å². The lowest BCUT2D eigenvalue weighted by atomic mass is 9.68. The Balaban J connectivity index is 2.87. The smallest absolute Gasteiger partial charge is 0.314 e. The Morgan fingerprint density at radius 1 is 1.47 bits per heavy atom. The first-order valence-electron chi connectivity index (χ1n) is 6.58. The molecule has 2 unspecified atom stereocenters. The van der Waals surface area contributed by atoms with Crippen LogP contribution in [0.4, 0.5) is 0 Å². The third-order valence-electron chi connectivity index (χ3n) is 4.44. The molecule has 3 nitrogen and oxygen atoms in total. The van der Waals surface area contributed by atoms with E-state index in [4.69, 9.17) is 9.47 Å². The molecule has 0 amide bonds. The molecule has 1 aliphatic heterocycles. The van der Waals surface area contributed by atoms with E-state index in [9.17, 15) is 4.79 Å². The summed E-state index contributed by atoms with van der Waals surface area (Å²) in [6.07, 6.45) is 2.93. The Morgan fingerprint density at radius 2 is 2.12 bits per heavy atom. The number of esters is 1. The molecular weight excluding hydrogens is 216 g/mol. The zero-order valence-electron chi connectivity index (χ0n) is 11.8. The van der Waals surface area contributed by atoms with Gasteiger partial charge in [-0.3, -0.25) is 4.79 Å². The van der Waals surface area contributed by atoms with Gasteiger partial charge in [-0.2, -0.15) is 0 Å². The number of methoxy groups -OCH3 is 1. The molecule has 0 bridgehead atoms. The van der Waals surface area contributed by atoms with Gasteiger partial charge in [-0.25, -0.2) is 0 Å². The zero-order valence-corrected chi connectivity index (χ0v) is 11.8. The topological polar surface area (TPSA) is 35.5 Å². The molecule has 1 heterocycles. The van der Waals surface area contributed by atoms with Crippen molar-refractivity contribution in [1.29, 1.82) is 0 Å². The fourth-order valence-electron chi connectivity index (χ4n) is 2.69. The van der Waals surface area contributed by atoms with E-state index in [2.05, 4.69) is 27.7 Å². The van der Waals surface area contributed by atoms with Gasteiger partial charge in [-0.15, -0.1) is 0 Å². The van der Waals surface area contributed by atoms with Crippen LogP contribution in [0.2, 0.25) is 0 Å². The van der Waals surface area contributed by atoms with E-state index in [0.29, 0.717) is 13.2 Å². The Hall–Kier alpha value is -0.570. The first-order chi connectivity index (χ1) is 7.91. The van der Waals surface area contributed by atoms with Gasteiger partial charge in [0.25, 0.3) is 0 Å². The van der Waals surface area contributed by atoms with Gasteiger partial charge in [0.1, 0.15) is 0 Å². The molecule has 1 aliphatic rings. The molecule has 0 aromatic carbocycles. The average molecular weight is 242 g/mol. The van der Waals surface area contributed by atoms with Crippen molar-refractivity contribution < 1.29 is 14.3 Å². The predicted molar refractivity (Wildman–Crippen MR) is 67.7 cm³/mol. The molecule has 0 spiro atoms. The standard InChI is InChI=1S/C14H26O3/c1-6-13(3,4)8-11-9-17-10-14(11,7-2)12(15)16-5/h11H,6-10H2,1-5H3. The second kappa shape index (κ2) is 5.38. The van der Waals surface area contributed by atoms with Crippen molar-refractivity contribution in [3.8, 4) is 0 Å². The highest BCUT2D eigenvalue weighted by Crippen LogP contribution is 2.45. The SMILES string of the molecule is CCC(C)(C)CC1COCC1(CC)C(=O)OC. The van der Waals surface area contributed by atoms with E-state index < -0.39 is 5.41 Å². The second-order valence-corrected chi connectivity index (χ2v) is 5.94. The van der Waals surface area contributed by atoms with Crippen molar-refractivity contribution in [1.82, 2.24) is 0 Å². The molecule has 17 heavy (non-hydrogen) atoms. The number of hydrogen-bond acceptors (Lipinski definition) is 3. The zero-order chi connectivity index (χ0) is 13.1. The summed E-state index contributed by atoms with van der Waals surface area (Å²) in [6.45, 7) is 9.96. The third kappa shape index (κ3) is 2.82. The van der Waals surface area contributed by atoms with E-state index in [1.807, 2.05) is 0 Å². The lowest BCUT2D eigenvalue weighted by molar-refractivity contribution is -0.155. The highest BCUT2D eigenvalue weighted by molar-refractivity contribution is 5.77. The molecular formula is C14H26O3. The van der Waals surface area contributed by atoms with Crippen molar-refractivity contribution in [3.63, 3.8) is 0 Å². The molecule has 3 heteroatoms. The van der Waals surface area contributed by atoms with Crippen LogP contribution in [0.1, 0.15) is 47.0 Å². The molecule has 0 N–H and O–H groups in total. The molecule has 1 rings (SSSR count). The van der Waals surface area contributed by atoms with Gasteiger partial charge in [0.2, 0.25) is 0 Å². The van der Waals surface area contributed by atoms with Gasteiger partial charge in [-0.1, -0.05) is 34.1 Å². The fourth-order valence-corrected chi connectivity index (χ4v) is 2.69. The fraction of sp³-hybridized carbons (Fsp3) is 0.929. The molecule has 0 saturated carbocycles. The van der Waals surface area contributed by atoms with Crippen LogP contribution in [0.15, 0.2) is 0 Å². The molecule has 0 radical (unpaired) electrons. The number of hydrogen-bond donors (Lipinski definition) is 0. The van der Waals surface area contributed by atoms with Crippen molar-refractivity contribution in [2.45, 2.75) is 47.0 Å². The summed E-state index contributed by atoms with van der Waals surface area (Å²) in [5, 5.41) is 0. The first-order valence-corrected chi connectivity index (χ1v) is 6.58. The van der Waals surface area contributed by atoms with E-state index in [0.717, 1.165) is 19.3 Å². The van der Waals surface area contributed by atoms with Gasteiger partial charge >= 0.3 is 5.97 Å². The van der Waals surface area contributed by atoms with Crippen LogP contribution in [0.25, 0.3) is 0 Å². The minimum Gasteiger partial charge on any atom is -0.469 e. The molecule has 1 fully saturated rings. The van der Waals surface area contributed by atoms with Crippen LogP contribution in [-0.2, 0) is 14.3 Å². The Kier molecular flexibility index (Phi) is 4.59. The lowest BCUT2D eigenvalue weighted by Crippen LogP contribution is -2.40. The molecule has 0 aromatic rings. The van der Waals surface area contributed by atoms with Gasteiger partial charge < -0.3 is 9.47 Å². The van der Waals surface area contributed by atoms with Crippen LogP contribution < -0.4 is 0 Å². The number of carbonyl (C=O) groups excluding carboxylic acids is 1. The maximum absolute atomic E-state index is 12.0. The lowest BCUT2D eigenvalue weighted by Gasteiger charge is -2.34. The summed E-state index contributed by atoms with van der Waals surface area (Å²) in [5.74, 6) is 0.185. The Labute approximate surface area is 105 Å². The first kappa shape index (κ1) is 14.5. The summed E-state index contributed by atoms with van der Waals surface area (Å²) >= 11 is 0. The molecule has 100 valence electrons. The quantitative estimate of drug-likeness (QED) is 0.695. The van der Waals surface area contributed by atoms with Gasteiger partial charge in [0.15, 0.2) is 0 Å². The maximum atomic E-state index is 12.0. The largest absolute Gasteiger partial charge is 0.469 e. The summed E-state index contributed by atoms with van der Waals surface area (Å²) in [5.41, 5.74) is -0.159. The molecule has 0 aromatic heterocycles. The normalized spacial score (nSPS) is 29.4. The highest BCUT2D eigenvalue weighted by atomic mass is 16.5. The Bertz CT molecular complexity index is 273. The van der Waals surface area contributed by atoms with Crippen molar-refractivity contribution in [2.24, 2.45) is 16.7 Å². The molecule has 0 aliphatic carbocycles. The van der Waals surface area contributed by atoms with Gasteiger partial charge in [-0.05, 0) is 18.3 Å². The van der Waals surface area contributed by atoms with Crippen LogP contribution >= 0.6 is 0 Å². The average Bonchev–Trinajstić information content (AvgIpc) is 2.71. The van der Waals surface area contributed by atoms with Crippen molar-refractivity contribution in [3.05, 3.63) is 0 Å². The van der Waals surface area contributed by atoms with E-state index >= 15 is 0 Å². The van der Waals surface area contributed by atoms with Crippen molar-refractivity contribution >= 4 is 5.97 Å². The third-order valence-corrected chi connectivity index (χ3v) is 4.44. The van der Waals surface area contributed by atoms with E-state index in [1.54, 1.807) is 0 Å². The number of carbonyl (C=O) groups is 1. The number of ether oxygens (including phenoxy) is 2. The Morgan fingerprint density at radius 3 is 2.59 bits per heavy atom. The number of rotatable bonds is 5. The molecule has 1 saturated heterocycles. The highest BCUT2D eigenvalue weighted by Gasteiger charge is 2.50. The predicted octanol–water partition coefficient (Wildman–Crippen LogP) is 3.03. The van der Waals surface area contributed by atoms with Crippen molar-refractivity contribution in [2.75, 3.05) is 20.3 Å². The monoisotopic (exact) mass is 242 g/mol. The molecule has 2 atom stereocenters. The van der Waals surface area contributed by atoms with Gasteiger partial charge in [0.05, 0.1) is 25.7 Å². The maximum Gasteiger partial charge on any atom is 0.314 e. The summed E-state index contributed by atoms with van der Waals surface area (Å²) in [7, 11) is 1.47. The minimum atomic E-state index is -0.415. The summed E-state index contributed by atoms with van der Waals surface area (Å²) < 4.78 is 10.6. The van der Waals surface area contributed by atoms with Gasteiger partial charge in [0, 0.05) is 5.92 Å².